The third-order valence-corrected chi connectivity index (χ3v) is 3.22. The largest absolute Gasteiger partial charge is 0.494 e. The molecule has 2 aromatic rings. The summed E-state index contributed by atoms with van der Waals surface area (Å²) >= 11 is 6.10. The van der Waals surface area contributed by atoms with E-state index >= 15 is 0 Å². The van der Waals surface area contributed by atoms with Crippen LogP contribution in [0.2, 0.25) is 5.02 Å². The van der Waals surface area contributed by atoms with Crippen LogP contribution in [-0.2, 0) is 6.42 Å². The minimum absolute atomic E-state index is 0.587. The van der Waals surface area contributed by atoms with E-state index in [0.29, 0.717) is 23.8 Å². The molecule has 0 spiro atoms. The molecule has 0 atom stereocenters. The minimum Gasteiger partial charge on any atom is -0.494 e. The number of ether oxygens (including phenoxy) is 2. The zero-order valence-electron chi connectivity index (χ0n) is 11.7. The van der Waals surface area contributed by atoms with Crippen LogP contribution in [0.5, 0.6) is 17.2 Å². The van der Waals surface area contributed by atoms with Gasteiger partial charge in [-0.2, -0.15) is 0 Å². The summed E-state index contributed by atoms with van der Waals surface area (Å²) in [4.78, 5) is 0. The van der Waals surface area contributed by atoms with Crippen LogP contribution in [0, 0.1) is 0 Å². The third-order valence-electron chi connectivity index (χ3n) is 2.85. The quantitative estimate of drug-likeness (QED) is 0.814. The van der Waals surface area contributed by atoms with Gasteiger partial charge in [0.25, 0.3) is 0 Å². The second-order valence-corrected chi connectivity index (χ2v) is 4.79. The predicted octanol–water partition coefficient (Wildman–Crippen LogP) is 4.68. The maximum absolute atomic E-state index is 6.10. The Labute approximate surface area is 124 Å². The maximum atomic E-state index is 6.10. The van der Waals surface area contributed by atoms with Crippen molar-refractivity contribution in [1.82, 2.24) is 0 Å². The van der Waals surface area contributed by atoms with Crippen molar-refractivity contribution in [3.05, 3.63) is 47.0 Å². The Kier molecular flexibility index (Phi) is 4.74. The van der Waals surface area contributed by atoms with E-state index in [9.17, 15) is 0 Å². The van der Waals surface area contributed by atoms with Gasteiger partial charge in [0.1, 0.15) is 17.2 Å². The Morgan fingerprint density at radius 1 is 1.00 bits per heavy atom. The van der Waals surface area contributed by atoms with Crippen molar-refractivity contribution >= 4 is 17.3 Å². The Hall–Kier alpha value is -1.87. The summed E-state index contributed by atoms with van der Waals surface area (Å²) in [6, 6.07) is 11.0. The van der Waals surface area contributed by atoms with E-state index in [1.54, 1.807) is 12.1 Å². The summed E-state index contributed by atoms with van der Waals surface area (Å²) in [6.07, 6.45) is 0.858. The summed E-state index contributed by atoms with van der Waals surface area (Å²) in [7, 11) is 0. The molecule has 4 heteroatoms. The van der Waals surface area contributed by atoms with E-state index in [4.69, 9.17) is 26.8 Å². The van der Waals surface area contributed by atoms with Gasteiger partial charge >= 0.3 is 0 Å². The molecular formula is C16H18ClNO2. The fourth-order valence-corrected chi connectivity index (χ4v) is 2.18. The van der Waals surface area contributed by atoms with E-state index in [2.05, 4.69) is 6.92 Å². The van der Waals surface area contributed by atoms with Crippen LogP contribution in [0.4, 0.5) is 5.69 Å². The lowest BCUT2D eigenvalue weighted by molar-refractivity contribution is 0.338. The lowest BCUT2D eigenvalue weighted by Gasteiger charge is -2.11. The van der Waals surface area contributed by atoms with Crippen molar-refractivity contribution in [2.45, 2.75) is 20.3 Å². The van der Waals surface area contributed by atoms with Gasteiger partial charge < -0.3 is 15.2 Å². The Bertz CT molecular complexity index is 599. The summed E-state index contributed by atoms with van der Waals surface area (Å²) in [5.41, 5.74) is 7.50. The number of halogens is 1. The van der Waals surface area contributed by atoms with Gasteiger partial charge in [-0.1, -0.05) is 18.5 Å². The van der Waals surface area contributed by atoms with Gasteiger partial charge in [-0.05, 0) is 37.1 Å². The minimum atomic E-state index is 0.587. The molecule has 3 nitrogen and oxygen atoms in total. The molecule has 0 amide bonds. The van der Waals surface area contributed by atoms with Gasteiger partial charge in [-0.15, -0.1) is 0 Å². The Morgan fingerprint density at radius 2 is 1.75 bits per heavy atom. The average Bonchev–Trinajstić information content (AvgIpc) is 2.40. The first-order valence-corrected chi connectivity index (χ1v) is 6.99. The van der Waals surface area contributed by atoms with Gasteiger partial charge in [0.05, 0.1) is 6.61 Å². The molecular weight excluding hydrogens is 274 g/mol. The first-order chi connectivity index (χ1) is 9.62. The van der Waals surface area contributed by atoms with Gasteiger partial charge in [-0.3, -0.25) is 0 Å². The lowest BCUT2D eigenvalue weighted by Crippen LogP contribution is -1.95. The molecule has 106 valence electrons. The van der Waals surface area contributed by atoms with Crippen LogP contribution in [0.3, 0.4) is 0 Å². The molecule has 20 heavy (non-hydrogen) atoms. The van der Waals surface area contributed by atoms with Gasteiger partial charge in [0, 0.05) is 28.9 Å². The molecule has 0 saturated carbocycles. The second kappa shape index (κ2) is 6.53. The van der Waals surface area contributed by atoms with Crippen molar-refractivity contribution < 1.29 is 9.47 Å². The fourth-order valence-electron chi connectivity index (χ4n) is 1.92. The smallest absolute Gasteiger partial charge is 0.133 e. The summed E-state index contributed by atoms with van der Waals surface area (Å²) in [6.45, 7) is 4.57. The number of nitrogen functional groups attached to an aromatic ring is 1. The normalized spacial score (nSPS) is 10.3. The van der Waals surface area contributed by atoms with Crippen molar-refractivity contribution in [2.75, 3.05) is 12.3 Å². The monoisotopic (exact) mass is 291 g/mol. The van der Waals surface area contributed by atoms with Gasteiger partial charge in [0.2, 0.25) is 0 Å². The molecule has 0 bridgehead atoms. The van der Waals surface area contributed by atoms with Gasteiger partial charge in [-0.25, -0.2) is 0 Å². The molecule has 0 heterocycles. The maximum Gasteiger partial charge on any atom is 0.133 e. The average molecular weight is 292 g/mol. The number of hydrogen-bond acceptors (Lipinski definition) is 3. The summed E-state index contributed by atoms with van der Waals surface area (Å²) in [5, 5.41) is 0.752. The van der Waals surface area contributed by atoms with Crippen LogP contribution in [0.1, 0.15) is 19.4 Å². The number of rotatable bonds is 5. The highest BCUT2D eigenvalue weighted by atomic mass is 35.5. The Morgan fingerprint density at radius 3 is 2.45 bits per heavy atom. The molecule has 2 rings (SSSR count). The lowest BCUT2D eigenvalue weighted by atomic mass is 10.1. The molecule has 0 fully saturated rings. The molecule has 0 aliphatic heterocycles. The molecule has 0 aliphatic rings. The number of hydrogen-bond donors (Lipinski definition) is 1. The second-order valence-electron chi connectivity index (χ2n) is 4.38. The molecule has 2 N–H and O–H groups in total. The standard InChI is InChI=1S/C16H18ClNO2/c1-3-11-7-13(5-6-16(11)17)20-15-9-12(18)8-14(10-15)19-4-2/h5-10H,3-4,18H2,1-2H3. The molecule has 0 unspecified atom stereocenters. The topological polar surface area (TPSA) is 44.5 Å². The van der Waals surface area contributed by atoms with E-state index in [1.165, 1.54) is 0 Å². The summed E-state index contributed by atoms with van der Waals surface area (Å²) in [5.74, 6) is 2.09. The summed E-state index contributed by atoms with van der Waals surface area (Å²) < 4.78 is 11.3. The number of aryl methyl sites for hydroxylation is 1. The third kappa shape index (κ3) is 3.58. The van der Waals surface area contributed by atoms with Crippen LogP contribution < -0.4 is 15.2 Å². The highest BCUT2D eigenvalue weighted by Gasteiger charge is 2.05. The zero-order valence-corrected chi connectivity index (χ0v) is 12.4. The van der Waals surface area contributed by atoms with Crippen molar-refractivity contribution in [1.29, 1.82) is 0 Å². The molecule has 0 aliphatic carbocycles. The molecule has 0 aromatic heterocycles. The highest BCUT2D eigenvalue weighted by molar-refractivity contribution is 6.31. The van der Waals surface area contributed by atoms with E-state index in [0.717, 1.165) is 22.8 Å². The van der Waals surface area contributed by atoms with Crippen LogP contribution in [0.25, 0.3) is 0 Å². The molecule has 2 aromatic carbocycles. The number of nitrogens with two attached hydrogens (primary N) is 1. The number of benzene rings is 2. The predicted molar refractivity (Wildman–Crippen MR) is 82.9 cm³/mol. The van der Waals surface area contributed by atoms with E-state index < -0.39 is 0 Å². The Balaban J connectivity index is 2.25. The van der Waals surface area contributed by atoms with Crippen molar-refractivity contribution in [3.63, 3.8) is 0 Å². The van der Waals surface area contributed by atoms with E-state index in [1.807, 2.05) is 31.2 Å². The first-order valence-electron chi connectivity index (χ1n) is 6.62. The van der Waals surface area contributed by atoms with Crippen LogP contribution >= 0.6 is 11.6 Å². The van der Waals surface area contributed by atoms with Crippen LogP contribution in [0.15, 0.2) is 36.4 Å². The highest BCUT2D eigenvalue weighted by Crippen LogP contribution is 2.30. The van der Waals surface area contributed by atoms with Gasteiger partial charge in [0.15, 0.2) is 0 Å². The van der Waals surface area contributed by atoms with Crippen LogP contribution in [-0.4, -0.2) is 6.61 Å². The molecule has 0 radical (unpaired) electrons. The van der Waals surface area contributed by atoms with E-state index in [-0.39, 0.29) is 0 Å². The van der Waals surface area contributed by atoms with Crippen molar-refractivity contribution in [2.24, 2.45) is 0 Å². The molecule has 0 saturated heterocycles. The van der Waals surface area contributed by atoms with Crippen molar-refractivity contribution in [3.8, 4) is 17.2 Å². The first kappa shape index (κ1) is 14.5. The fraction of sp³-hybridized carbons (Fsp3) is 0.250. The number of anilines is 1. The zero-order chi connectivity index (χ0) is 14.5. The SMILES string of the molecule is CCOc1cc(N)cc(Oc2ccc(Cl)c(CC)c2)c1.